The smallest absolute Gasteiger partial charge is 0.226 e. The zero-order chi connectivity index (χ0) is 11.8. The zero-order valence-electron chi connectivity index (χ0n) is 8.34. The first-order valence-electron chi connectivity index (χ1n) is 4.89. The van der Waals surface area contributed by atoms with Crippen LogP contribution in [0.15, 0.2) is 24.3 Å². The minimum Gasteiger partial charge on any atom is -0.352 e. The number of hydrogen-bond acceptors (Lipinski definition) is 1. The van der Waals surface area contributed by atoms with Crippen LogP contribution < -0.4 is 5.32 Å². The Balaban J connectivity index is 1.84. The molecule has 1 fully saturated rings. The van der Waals surface area contributed by atoms with Gasteiger partial charge in [-0.1, -0.05) is 23.7 Å². The second kappa shape index (κ2) is 4.44. The maximum absolute atomic E-state index is 11.6. The van der Waals surface area contributed by atoms with Crippen LogP contribution in [0, 0.1) is 5.92 Å². The number of carbonyl (C=O) groups is 1. The van der Waals surface area contributed by atoms with E-state index in [1.807, 2.05) is 12.1 Å². The average molecular weight is 279 g/mol. The maximum atomic E-state index is 11.6. The van der Waals surface area contributed by atoms with E-state index in [9.17, 15) is 4.79 Å². The summed E-state index contributed by atoms with van der Waals surface area (Å²) in [7, 11) is 0. The van der Waals surface area contributed by atoms with Gasteiger partial charge in [-0.2, -0.15) is 0 Å². The molecular formula is C11H10Cl3NO. The molecule has 0 heterocycles. The molecule has 1 aliphatic rings. The summed E-state index contributed by atoms with van der Waals surface area (Å²) < 4.78 is -0.857. The van der Waals surface area contributed by atoms with Crippen molar-refractivity contribution in [3.63, 3.8) is 0 Å². The summed E-state index contributed by atoms with van der Waals surface area (Å²) in [5, 5.41) is 3.46. The van der Waals surface area contributed by atoms with E-state index in [1.165, 1.54) is 0 Å². The molecule has 0 aromatic heterocycles. The highest BCUT2D eigenvalue weighted by Crippen LogP contribution is 2.53. The predicted molar refractivity (Wildman–Crippen MR) is 65.8 cm³/mol. The minimum absolute atomic E-state index is 0.0973. The Morgan fingerprint density at radius 1 is 1.38 bits per heavy atom. The van der Waals surface area contributed by atoms with Gasteiger partial charge in [-0.25, -0.2) is 0 Å². The number of rotatable bonds is 3. The van der Waals surface area contributed by atoms with Crippen molar-refractivity contribution >= 4 is 40.7 Å². The minimum atomic E-state index is -0.857. The second-order valence-electron chi connectivity index (χ2n) is 3.86. The largest absolute Gasteiger partial charge is 0.352 e. The fraction of sp³-hybridized carbons (Fsp3) is 0.364. The van der Waals surface area contributed by atoms with Crippen LogP contribution in [0.5, 0.6) is 0 Å². The van der Waals surface area contributed by atoms with Gasteiger partial charge in [0, 0.05) is 11.6 Å². The van der Waals surface area contributed by atoms with Crippen molar-refractivity contribution in [3.8, 4) is 0 Å². The molecule has 1 amide bonds. The van der Waals surface area contributed by atoms with Gasteiger partial charge in [-0.15, -0.1) is 23.2 Å². The molecule has 1 aromatic carbocycles. The van der Waals surface area contributed by atoms with Crippen LogP contribution in [0.2, 0.25) is 5.02 Å². The normalized spacial score (nSPS) is 21.6. The Hall–Kier alpha value is -0.440. The van der Waals surface area contributed by atoms with Crippen molar-refractivity contribution in [2.24, 2.45) is 5.92 Å². The van der Waals surface area contributed by atoms with Crippen molar-refractivity contribution < 1.29 is 4.79 Å². The molecule has 86 valence electrons. The summed E-state index contributed by atoms with van der Waals surface area (Å²) in [6.45, 7) is 0.469. The molecule has 2 rings (SSSR count). The van der Waals surface area contributed by atoms with Gasteiger partial charge in [-0.05, 0) is 24.1 Å². The van der Waals surface area contributed by atoms with E-state index >= 15 is 0 Å². The van der Waals surface area contributed by atoms with Crippen LogP contribution in [0.4, 0.5) is 0 Å². The van der Waals surface area contributed by atoms with E-state index in [1.54, 1.807) is 12.1 Å². The van der Waals surface area contributed by atoms with E-state index in [-0.39, 0.29) is 11.8 Å². The third kappa shape index (κ3) is 2.82. The summed E-state index contributed by atoms with van der Waals surface area (Å²) in [5.41, 5.74) is 0.994. The highest BCUT2D eigenvalue weighted by Gasteiger charge is 2.56. The van der Waals surface area contributed by atoms with Gasteiger partial charge < -0.3 is 5.32 Å². The fourth-order valence-electron chi connectivity index (χ4n) is 1.41. The number of carbonyl (C=O) groups excluding carboxylic acids is 1. The predicted octanol–water partition coefficient (Wildman–Crippen LogP) is 3.15. The van der Waals surface area contributed by atoms with Crippen LogP contribution in [0.1, 0.15) is 12.0 Å². The topological polar surface area (TPSA) is 29.1 Å². The first-order chi connectivity index (χ1) is 7.49. The molecule has 1 aromatic rings. The first-order valence-corrected chi connectivity index (χ1v) is 6.02. The van der Waals surface area contributed by atoms with Gasteiger partial charge in [0.1, 0.15) is 4.33 Å². The van der Waals surface area contributed by atoms with E-state index in [4.69, 9.17) is 34.8 Å². The van der Waals surface area contributed by atoms with Gasteiger partial charge in [0.05, 0.1) is 5.92 Å². The average Bonchev–Trinajstić information content (AvgIpc) is 2.87. The van der Waals surface area contributed by atoms with E-state index < -0.39 is 4.33 Å². The zero-order valence-corrected chi connectivity index (χ0v) is 10.6. The van der Waals surface area contributed by atoms with E-state index in [0.717, 1.165) is 5.56 Å². The molecule has 2 nitrogen and oxygen atoms in total. The molecule has 5 heteroatoms. The maximum Gasteiger partial charge on any atom is 0.226 e. The lowest BCUT2D eigenvalue weighted by Gasteiger charge is -2.05. The van der Waals surface area contributed by atoms with Crippen LogP contribution >= 0.6 is 34.8 Å². The Kier molecular flexibility index (Phi) is 3.34. The lowest BCUT2D eigenvalue weighted by molar-refractivity contribution is -0.122. The van der Waals surface area contributed by atoms with Crippen LogP contribution in [0.3, 0.4) is 0 Å². The van der Waals surface area contributed by atoms with Gasteiger partial charge in [0.15, 0.2) is 0 Å². The molecule has 1 saturated carbocycles. The highest BCUT2D eigenvalue weighted by atomic mass is 35.5. The van der Waals surface area contributed by atoms with Crippen LogP contribution in [0.25, 0.3) is 0 Å². The Labute approximate surface area is 109 Å². The molecule has 0 saturated heterocycles. The standard InChI is InChI=1S/C11H10Cl3NO/c12-8-3-1-7(2-4-8)6-15-10(16)9-5-11(9,13)14/h1-4,9H,5-6H2,(H,15,16). The highest BCUT2D eigenvalue weighted by molar-refractivity contribution is 6.52. The summed E-state index contributed by atoms with van der Waals surface area (Å²) in [5.74, 6) is -0.372. The molecule has 16 heavy (non-hydrogen) atoms. The number of hydrogen-bond donors (Lipinski definition) is 1. The SMILES string of the molecule is O=C(NCc1ccc(Cl)cc1)C1CC1(Cl)Cl. The number of nitrogens with one attached hydrogen (secondary N) is 1. The number of amides is 1. The van der Waals surface area contributed by atoms with Crippen molar-refractivity contribution in [2.45, 2.75) is 17.3 Å². The van der Waals surface area contributed by atoms with E-state index in [2.05, 4.69) is 5.32 Å². The lowest BCUT2D eigenvalue weighted by atomic mass is 10.2. The molecule has 0 aliphatic heterocycles. The summed E-state index contributed by atoms with van der Waals surface area (Å²) >= 11 is 17.3. The number of halogens is 3. The fourth-order valence-corrected chi connectivity index (χ4v) is 2.05. The molecule has 0 spiro atoms. The molecule has 1 unspecified atom stereocenters. The first kappa shape index (κ1) is 12.0. The van der Waals surface area contributed by atoms with E-state index in [0.29, 0.717) is 18.0 Å². The molecule has 0 radical (unpaired) electrons. The number of alkyl halides is 2. The Morgan fingerprint density at radius 3 is 2.44 bits per heavy atom. The van der Waals surface area contributed by atoms with Gasteiger partial charge in [-0.3, -0.25) is 4.79 Å². The number of benzene rings is 1. The molecular weight excluding hydrogens is 268 g/mol. The Bertz CT molecular complexity index is 402. The third-order valence-corrected chi connectivity index (χ3v) is 3.61. The molecule has 0 bridgehead atoms. The van der Waals surface area contributed by atoms with Gasteiger partial charge in [0.25, 0.3) is 0 Å². The Morgan fingerprint density at radius 2 is 1.94 bits per heavy atom. The molecule has 1 aliphatic carbocycles. The van der Waals surface area contributed by atoms with Crippen molar-refractivity contribution in [3.05, 3.63) is 34.9 Å². The van der Waals surface area contributed by atoms with Crippen LogP contribution in [-0.2, 0) is 11.3 Å². The summed E-state index contributed by atoms with van der Waals surface area (Å²) in [6.07, 6.45) is 0.530. The van der Waals surface area contributed by atoms with Crippen molar-refractivity contribution in [1.82, 2.24) is 5.32 Å². The van der Waals surface area contributed by atoms with Crippen molar-refractivity contribution in [2.75, 3.05) is 0 Å². The molecule has 1 atom stereocenters. The molecule has 1 N–H and O–H groups in total. The second-order valence-corrected chi connectivity index (χ2v) is 5.84. The summed E-state index contributed by atoms with van der Waals surface area (Å²) in [4.78, 5) is 11.6. The quantitative estimate of drug-likeness (QED) is 0.846. The summed E-state index contributed by atoms with van der Waals surface area (Å²) in [6, 6.07) is 7.30. The lowest BCUT2D eigenvalue weighted by Crippen LogP contribution is -2.26. The van der Waals surface area contributed by atoms with Crippen molar-refractivity contribution in [1.29, 1.82) is 0 Å². The van der Waals surface area contributed by atoms with Gasteiger partial charge in [0.2, 0.25) is 5.91 Å². The van der Waals surface area contributed by atoms with Gasteiger partial charge >= 0.3 is 0 Å². The monoisotopic (exact) mass is 277 g/mol. The van der Waals surface area contributed by atoms with Crippen LogP contribution in [-0.4, -0.2) is 10.2 Å². The third-order valence-electron chi connectivity index (χ3n) is 2.52.